The van der Waals surface area contributed by atoms with Gasteiger partial charge in [0, 0.05) is 32.3 Å². The molecule has 1 heterocycles. The third-order valence-corrected chi connectivity index (χ3v) is 4.55. The molecule has 8 heteroatoms. The van der Waals surface area contributed by atoms with Gasteiger partial charge in [0.15, 0.2) is 0 Å². The number of likely N-dealkylation sites (tertiary alicyclic amines) is 1. The number of benzene rings is 1. The molecule has 1 saturated heterocycles. The molecule has 0 saturated carbocycles. The van der Waals surface area contributed by atoms with Gasteiger partial charge in [-0.1, -0.05) is 29.3 Å². The molecule has 6 nitrogen and oxygen atoms in total. The van der Waals surface area contributed by atoms with Crippen LogP contribution in [0.1, 0.15) is 19.3 Å². The second-order valence-corrected chi connectivity index (χ2v) is 6.30. The number of nitrogens with zero attached hydrogens (tertiary/aromatic N) is 2. The molecule has 1 aliphatic heterocycles. The molecule has 0 unspecified atom stereocenters. The summed E-state index contributed by atoms with van der Waals surface area (Å²) in [6, 6.07) is 6.69. The van der Waals surface area contributed by atoms with Crippen LogP contribution in [0.25, 0.3) is 0 Å². The van der Waals surface area contributed by atoms with Crippen LogP contribution in [0.5, 0.6) is 0 Å². The minimum Gasteiger partial charge on any atom is -0.390 e. The van der Waals surface area contributed by atoms with Crippen molar-refractivity contribution in [3.63, 3.8) is 0 Å². The van der Waals surface area contributed by atoms with E-state index in [0.717, 1.165) is 19.4 Å². The van der Waals surface area contributed by atoms with Gasteiger partial charge in [0.1, 0.15) is 11.6 Å². The van der Waals surface area contributed by atoms with Crippen molar-refractivity contribution < 1.29 is 9.59 Å². The van der Waals surface area contributed by atoms with Crippen molar-refractivity contribution in [1.29, 1.82) is 5.26 Å². The van der Waals surface area contributed by atoms with E-state index in [9.17, 15) is 9.59 Å². The molecular weight excluding hydrogens is 363 g/mol. The number of amides is 2. The Kier molecular flexibility index (Phi) is 7.11. The molecular formula is C17H18Cl2N4O2. The maximum Gasteiger partial charge on any atom is 0.267 e. The standard InChI is InChI=1S/C17H18Cl2N4O2/c18-13-4-1-5-14(16(13)19)22-17(25)12(10-20)11-21-7-3-9-23-8-2-6-15(23)24/h1,4-5,11,21H,2-3,6-9H2,(H,22,25)/b12-11-. The number of nitrogens with one attached hydrogen (secondary N) is 2. The molecule has 0 atom stereocenters. The third kappa shape index (κ3) is 5.38. The van der Waals surface area contributed by atoms with E-state index in [1.807, 2.05) is 11.0 Å². The van der Waals surface area contributed by atoms with Crippen LogP contribution >= 0.6 is 23.2 Å². The Morgan fingerprint density at radius 3 is 2.88 bits per heavy atom. The van der Waals surface area contributed by atoms with Crippen LogP contribution in [0.2, 0.25) is 10.0 Å². The Hall–Kier alpha value is -2.23. The van der Waals surface area contributed by atoms with Crippen LogP contribution in [0.4, 0.5) is 5.69 Å². The van der Waals surface area contributed by atoms with Gasteiger partial charge < -0.3 is 15.5 Å². The van der Waals surface area contributed by atoms with Gasteiger partial charge in [-0.05, 0) is 25.0 Å². The molecule has 1 aliphatic rings. The van der Waals surface area contributed by atoms with Crippen molar-refractivity contribution in [3.8, 4) is 6.07 Å². The fourth-order valence-corrected chi connectivity index (χ4v) is 2.77. The Morgan fingerprint density at radius 1 is 1.40 bits per heavy atom. The first-order valence-electron chi connectivity index (χ1n) is 7.89. The van der Waals surface area contributed by atoms with E-state index in [2.05, 4.69) is 10.6 Å². The van der Waals surface area contributed by atoms with Gasteiger partial charge in [-0.2, -0.15) is 5.26 Å². The summed E-state index contributed by atoms with van der Waals surface area (Å²) in [6.07, 6.45) is 3.64. The smallest absolute Gasteiger partial charge is 0.267 e. The first-order chi connectivity index (χ1) is 12.0. The second kappa shape index (κ2) is 9.30. The second-order valence-electron chi connectivity index (χ2n) is 5.52. The Labute approximate surface area is 156 Å². The van der Waals surface area contributed by atoms with Crippen LogP contribution < -0.4 is 10.6 Å². The van der Waals surface area contributed by atoms with E-state index in [0.29, 0.717) is 30.2 Å². The molecule has 132 valence electrons. The summed E-state index contributed by atoms with van der Waals surface area (Å²) < 4.78 is 0. The van der Waals surface area contributed by atoms with Crippen molar-refractivity contribution in [1.82, 2.24) is 10.2 Å². The van der Waals surface area contributed by atoms with Crippen LogP contribution in [0.3, 0.4) is 0 Å². The molecule has 1 aromatic rings. The molecule has 0 spiro atoms. The molecule has 25 heavy (non-hydrogen) atoms. The number of carbonyl (C=O) groups is 2. The van der Waals surface area contributed by atoms with E-state index in [-0.39, 0.29) is 16.5 Å². The zero-order valence-electron chi connectivity index (χ0n) is 13.5. The molecule has 0 aliphatic carbocycles. The molecule has 2 amide bonds. The Morgan fingerprint density at radius 2 is 2.20 bits per heavy atom. The van der Waals surface area contributed by atoms with E-state index < -0.39 is 5.91 Å². The van der Waals surface area contributed by atoms with E-state index >= 15 is 0 Å². The fourth-order valence-electron chi connectivity index (χ4n) is 2.43. The Bertz CT molecular complexity index is 728. The quantitative estimate of drug-likeness (QED) is 0.432. The van der Waals surface area contributed by atoms with Crippen molar-refractivity contribution in [3.05, 3.63) is 40.0 Å². The van der Waals surface area contributed by atoms with Gasteiger partial charge in [-0.25, -0.2) is 0 Å². The minimum atomic E-state index is -0.575. The maximum absolute atomic E-state index is 12.1. The van der Waals surface area contributed by atoms with Crippen molar-refractivity contribution in [2.75, 3.05) is 25.0 Å². The highest BCUT2D eigenvalue weighted by molar-refractivity contribution is 6.44. The highest BCUT2D eigenvalue weighted by Crippen LogP contribution is 2.29. The lowest BCUT2D eigenvalue weighted by atomic mass is 10.2. The normalized spacial score (nSPS) is 14.4. The van der Waals surface area contributed by atoms with Crippen molar-refractivity contribution in [2.24, 2.45) is 0 Å². The highest BCUT2D eigenvalue weighted by Gasteiger charge is 2.18. The van der Waals surface area contributed by atoms with Crippen molar-refractivity contribution >= 4 is 40.7 Å². The number of anilines is 1. The fraction of sp³-hybridized carbons (Fsp3) is 0.353. The van der Waals surface area contributed by atoms with Gasteiger partial charge in [-0.3, -0.25) is 9.59 Å². The lowest BCUT2D eigenvalue weighted by Gasteiger charge is -2.14. The van der Waals surface area contributed by atoms with E-state index in [1.54, 1.807) is 18.2 Å². The predicted octanol–water partition coefficient (Wildman–Crippen LogP) is 2.94. The first kappa shape index (κ1) is 19.1. The lowest BCUT2D eigenvalue weighted by molar-refractivity contribution is -0.127. The average Bonchev–Trinajstić information content (AvgIpc) is 3.00. The summed E-state index contributed by atoms with van der Waals surface area (Å²) in [4.78, 5) is 25.4. The number of carbonyl (C=O) groups excluding carboxylic acids is 2. The summed E-state index contributed by atoms with van der Waals surface area (Å²) in [5.74, 6) is -0.389. The number of nitriles is 1. The molecule has 1 aromatic carbocycles. The highest BCUT2D eigenvalue weighted by atomic mass is 35.5. The Balaban J connectivity index is 1.82. The summed E-state index contributed by atoms with van der Waals surface area (Å²) >= 11 is 11.9. The summed E-state index contributed by atoms with van der Waals surface area (Å²) in [7, 11) is 0. The molecule has 0 aromatic heterocycles. The molecule has 2 rings (SSSR count). The minimum absolute atomic E-state index is 0.0757. The first-order valence-corrected chi connectivity index (χ1v) is 8.65. The number of rotatable bonds is 7. The SMILES string of the molecule is N#C/C(=C/NCCCN1CCCC1=O)C(=O)Nc1cccc(Cl)c1Cl. The van der Waals surface area contributed by atoms with Gasteiger partial charge >= 0.3 is 0 Å². The monoisotopic (exact) mass is 380 g/mol. The lowest BCUT2D eigenvalue weighted by Crippen LogP contribution is -2.27. The molecule has 0 bridgehead atoms. The topological polar surface area (TPSA) is 85.2 Å². The van der Waals surface area contributed by atoms with Gasteiger partial charge in [0.25, 0.3) is 5.91 Å². The van der Waals surface area contributed by atoms with E-state index in [1.165, 1.54) is 6.20 Å². The number of hydrogen-bond donors (Lipinski definition) is 2. The third-order valence-electron chi connectivity index (χ3n) is 3.73. The number of hydrogen-bond acceptors (Lipinski definition) is 4. The molecule has 0 radical (unpaired) electrons. The van der Waals surface area contributed by atoms with Crippen molar-refractivity contribution in [2.45, 2.75) is 19.3 Å². The molecule has 2 N–H and O–H groups in total. The maximum atomic E-state index is 12.1. The predicted molar refractivity (Wildman–Crippen MR) is 97.2 cm³/mol. The van der Waals surface area contributed by atoms with Gasteiger partial charge in [0.2, 0.25) is 5.91 Å². The average molecular weight is 381 g/mol. The summed E-state index contributed by atoms with van der Waals surface area (Å²) in [5, 5.41) is 15.1. The van der Waals surface area contributed by atoms with Gasteiger partial charge in [0.05, 0.1) is 15.7 Å². The summed E-state index contributed by atoms with van der Waals surface area (Å²) in [5.41, 5.74) is 0.265. The van der Waals surface area contributed by atoms with Crippen LogP contribution in [-0.2, 0) is 9.59 Å². The molecule has 1 fully saturated rings. The largest absolute Gasteiger partial charge is 0.390 e. The van der Waals surface area contributed by atoms with Crippen LogP contribution in [0, 0.1) is 11.3 Å². The van der Waals surface area contributed by atoms with Gasteiger partial charge in [-0.15, -0.1) is 0 Å². The number of halogens is 2. The zero-order valence-corrected chi connectivity index (χ0v) is 15.0. The zero-order chi connectivity index (χ0) is 18.2. The van der Waals surface area contributed by atoms with Crippen LogP contribution in [-0.4, -0.2) is 36.3 Å². The summed E-state index contributed by atoms with van der Waals surface area (Å²) in [6.45, 7) is 2.03. The van der Waals surface area contributed by atoms with E-state index in [4.69, 9.17) is 28.5 Å². The van der Waals surface area contributed by atoms with Crippen LogP contribution in [0.15, 0.2) is 30.0 Å².